The molecular formula is C32H55N5O9. The zero-order chi connectivity index (χ0) is 35.0. The summed E-state index contributed by atoms with van der Waals surface area (Å²) >= 11 is 0. The zero-order valence-electron chi connectivity index (χ0n) is 28.1. The summed E-state index contributed by atoms with van der Waals surface area (Å²) in [6.07, 6.45) is 4.19. The van der Waals surface area contributed by atoms with Gasteiger partial charge in [0.05, 0.1) is 33.0 Å². The summed E-state index contributed by atoms with van der Waals surface area (Å²) in [4.78, 5) is 66.0. The second-order valence-electron chi connectivity index (χ2n) is 10.2. The molecule has 0 bridgehead atoms. The number of unbranched alkanes of at least 4 members (excludes halogenated alkanes) is 1. The lowest BCUT2D eigenvalue weighted by atomic mass is 10.1. The van der Waals surface area contributed by atoms with Crippen molar-refractivity contribution >= 4 is 41.7 Å². The highest BCUT2D eigenvalue weighted by atomic mass is 16.5. The molecule has 0 fully saturated rings. The fourth-order valence-corrected chi connectivity index (χ4v) is 3.00. The topological polar surface area (TPSA) is 204 Å². The van der Waals surface area contributed by atoms with E-state index in [0.29, 0.717) is 65.0 Å². The Bertz CT molecular complexity index is 989. The Morgan fingerprint density at radius 2 is 1.37 bits per heavy atom. The van der Waals surface area contributed by atoms with Crippen LogP contribution >= 0.6 is 0 Å². The molecule has 0 saturated carbocycles. The number of primary amides is 1. The van der Waals surface area contributed by atoms with Crippen molar-refractivity contribution < 1.29 is 43.0 Å². The van der Waals surface area contributed by atoms with Crippen LogP contribution in [0.4, 0.5) is 10.5 Å². The number of amides is 5. The van der Waals surface area contributed by atoms with Gasteiger partial charge >= 0.3 is 12.0 Å². The highest BCUT2D eigenvalue weighted by molar-refractivity contribution is 5.84. The molecule has 0 aliphatic carbocycles. The minimum absolute atomic E-state index is 0.0195. The van der Waals surface area contributed by atoms with Crippen LogP contribution in [-0.2, 0) is 44.8 Å². The summed E-state index contributed by atoms with van der Waals surface area (Å²) in [5, 5.41) is 10.2. The largest absolute Gasteiger partial charge is 0.461 e. The van der Waals surface area contributed by atoms with E-state index in [1.807, 2.05) is 13.8 Å². The molecule has 0 aromatic heterocycles. The Morgan fingerprint density at radius 3 is 1.89 bits per heavy atom. The van der Waals surface area contributed by atoms with E-state index in [1.165, 1.54) is 6.42 Å². The van der Waals surface area contributed by atoms with Gasteiger partial charge in [-0.15, -0.1) is 0 Å². The molecule has 262 valence electrons. The van der Waals surface area contributed by atoms with Crippen molar-refractivity contribution in [2.45, 2.75) is 79.8 Å². The van der Waals surface area contributed by atoms with Gasteiger partial charge in [-0.2, -0.15) is 0 Å². The van der Waals surface area contributed by atoms with E-state index in [1.54, 1.807) is 31.2 Å². The Balaban J connectivity index is 0. The van der Waals surface area contributed by atoms with Crippen molar-refractivity contribution in [3.05, 3.63) is 29.8 Å². The Labute approximate surface area is 273 Å². The number of ether oxygens (including phenoxy) is 3. The minimum Gasteiger partial charge on any atom is -0.461 e. The second kappa shape index (κ2) is 31.0. The third kappa shape index (κ3) is 30.0. The summed E-state index contributed by atoms with van der Waals surface area (Å²) in [5.74, 6) is -0.580. The van der Waals surface area contributed by atoms with Crippen LogP contribution in [-0.4, -0.2) is 82.1 Å². The molecule has 0 spiro atoms. The van der Waals surface area contributed by atoms with Crippen molar-refractivity contribution in [1.29, 1.82) is 0 Å². The molecule has 0 aliphatic heterocycles. The number of hydrogen-bond acceptors (Lipinski definition) is 9. The molecule has 1 rings (SSSR count). The molecule has 0 heterocycles. The van der Waals surface area contributed by atoms with E-state index in [-0.39, 0.29) is 55.7 Å². The number of nitrogens with two attached hydrogens (primary N) is 1. The SMILES string of the molecule is CC(C)C(=O)CCOCCOCCC(=O)NCC(=O)NCCCCNC(N)=O.CCC.CCC(=O)OCc1ccc(NC=O)cc1. The number of esters is 1. The molecular weight excluding hydrogens is 598 g/mol. The van der Waals surface area contributed by atoms with Crippen LogP contribution < -0.4 is 27.0 Å². The first kappa shape index (κ1) is 44.1. The molecule has 0 unspecified atom stereocenters. The maximum atomic E-state index is 11.6. The molecule has 0 radical (unpaired) electrons. The van der Waals surface area contributed by atoms with Crippen molar-refractivity contribution in [2.75, 3.05) is 51.4 Å². The van der Waals surface area contributed by atoms with Gasteiger partial charge in [0.2, 0.25) is 18.2 Å². The smallest absolute Gasteiger partial charge is 0.312 e. The molecule has 14 nitrogen and oxygen atoms in total. The van der Waals surface area contributed by atoms with Gasteiger partial charge in [-0.25, -0.2) is 4.79 Å². The van der Waals surface area contributed by atoms with Gasteiger partial charge in [0, 0.05) is 44.0 Å². The molecule has 0 aliphatic rings. The number of urea groups is 1. The third-order valence-corrected chi connectivity index (χ3v) is 5.52. The molecule has 46 heavy (non-hydrogen) atoms. The number of Topliss-reactive ketones (excluding diaryl/α,β-unsaturated/α-hetero) is 1. The summed E-state index contributed by atoms with van der Waals surface area (Å²) in [7, 11) is 0. The van der Waals surface area contributed by atoms with Gasteiger partial charge in [0.25, 0.3) is 0 Å². The molecule has 14 heteroatoms. The van der Waals surface area contributed by atoms with Crippen LogP contribution in [0.25, 0.3) is 0 Å². The average Bonchev–Trinajstić information content (AvgIpc) is 3.03. The van der Waals surface area contributed by atoms with E-state index in [4.69, 9.17) is 19.9 Å². The summed E-state index contributed by atoms with van der Waals surface area (Å²) in [5.41, 5.74) is 6.54. The second-order valence-corrected chi connectivity index (χ2v) is 10.2. The zero-order valence-corrected chi connectivity index (χ0v) is 28.1. The molecule has 1 aromatic rings. The van der Waals surface area contributed by atoms with Gasteiger partial charge in [-0.05, 0) is 30.5 Å². The van der Waals surface area contributed by atoms with Crippen molar-refractivity contribution in [1.82, 2.24) is 16.0 Å². The monoisotopic (exact) mass is 653 g/mol. The Hall–Kier alpha value is -4.04. The quantitative estimate of drug-likeness (QED) is 0.0708. The van der Waals surface area contributed by atoms with Gasteiger partial charge in [0.15, 0.2) is 0 Å². The maximum Gasteiger partial charge on any atom is 0.312 e. The molecule has 0 saturated heterocycles. The minimum atomic E-state index is -0.568. The third-order valence-electron chi connectivity index (χ3n) is 5.52. The first-order valence-electron chi connectivity index (χ1n) is 15.7. The normalized spacial score (nSPS) is 9.87. The predicted molar refractivity (Wildman–Crippen MR) is 176 cm³/mol. The van der Waals surface area contributed by atoms with Crippen LogP contribution in [0.3, 0.4) is 0 Å². The lowest BCUT2D eigenvalue weighted by Gasteiger charge is -2.08. The number of nitrogens with one attached hydrogen (secondary N) is 4. The number of carbonyl (C=O) groups excluding carboxylic acids is 6. The van der Waals surface area contributed by atoms with Crippen LogP contribution in [0.2, 0.25) is 0 Å². The fourth-order valence-electron chi connectivity index (χ4n) is 3.00. The Morgan fingerprint density at radius 1 is 0.804 bits per heavy atom. The van der Waals surface area contributed by atoms with E-state index in [0.717, 1.165) is 11.3 Å². The first-order valence-corrected chi connectivity index (χ1v) is 15.7. The van der Waals surface area contributed by atoms with Crippen molar-refractivity contribution in [3.8, 4) is 0 Å². The fraction of sp³-hybridized carbons (Fsp3) is 0.625. The van der Waals surface area contributed by atoms with Crippen LogP contribution in [0.5, 0.6) is 0 Å². The van der Waals surface area contributed by atoms with E-state index in [9.17, 15) is 28.8 Å². The van der Waals surface area contributed by atoms with E-state index < -0.39 is 6.03 Å². The first-order chi connectivity index (χ1) is 22.0. The van der Waals surface area contributed by atoms with Crippen LogP contribution in [0.15, 0.2) is 24.3 Å². The number of rotatable bonds is 22. The van der Waals surface area contributed by atoms with Crippen molar-refractivity contribution in [2.24, 2.45) is 11.7 Å². The van der Waals surface area contributed by atoms with Gasteiger partial charge in [0.1, 0.15) is 12.4 Å². The number of carbonyl (C=O) groups is 6. The van der Waals surface area contributed by atoms with Gasteiger partial charge in [-0.3, -0.25) is 24.0 Å². The lowest BCUT2D eigenvalue weighted by Crippen LogP contribution is -2.37. The van der Waals surface area contributed by atoms with Gasteiger partial charge in [-0.1, -0.05) is 53.2 Å². The number of benzene rings is 1. The van der Waals surface area contributed by atoms with E-state index >= 15 is 0 Å². The molecule has 1 aromatic carbocycles. The molecule has 6 N–H and O–H groups in total. The number of hydrogen-bond donors (Lipinski definition) is 5. The van der Waals surface area contributed by atoms with Gasteiger partial charge < -0.3 is 41.2 Å². The Kier molecular flexibility index (Phi) is 29.7. The highest BCUT2D eigenvalue weighted by Crippen LogP contribution is 2.09. The predicted octanol–water partition coefficient (Wildman–Crippen LogP) is 2.83. The maximum absolute atomic E-state index is 11.6. The van der Waals surface area contributed by atoms with Crippen LogP contribution in [0, 0.1) is 5.92 Å². The summed E-state index contributed by atoms with van der Waals surface area (Å²) in [6, 6.07) is 6.54. The molecule has 0 atom stereocenters. The molecule has 5 amide bonds. The number of ketones is 1. The average molecular weight is 654 g/mol. The summed E-state index contributed by atoms with van der Waals surface area (Å²) < 4.78 is 15.5. The lowest BCUT2D eigenvalue weighted by molar-refractivity contribution is -0.144. The highest BCUT2D eigenvalue weighted by Gasteiger charge is 2.07. The summed E-state index contributed by atoms with van der Waals surface area (Å²) in [6.45, 7) is 12.1. The number of anilines is 1. The standard InChI is InChI=1S/C18H34N4O6.C11H13NO3.C3H8/c1-14(2)15(23)5-9-27-11-12-28-10-6-16(24)22-13-17(25)20-7-3-4-8-21-18(19)26;1-2-11(14)15-7-9-3-5-10(6-4-9)12-8-13;1-3-2/h14H,3-13H2,1-2H3,(H,20,25)(H,22,24)(H3,19,21,26);3-6,8H,2,7H2,1H3,(H,12,13);3H2,1-2H3. The van der Waals surface area contributed by atoms with Crippen LogP contribution in [0.1, 0.15) is 78.7 Å². The van der Waals surface area contributed by atoms with E-state index in [2.05, 4.69) is 35.1 Å². The van der Waals surface area contributed by atoms with Crippen molar-refractivity contribution in [3.63, 3.8) is 0 Å².